The van der Waals surface area contributed by atoms with Gasteiger partial charge in [-0.15, -0.1) is 0 Å². The lowest BCUT2D eigenvalue weighted by Gasteiger charge is -2.02. The van der Waals surface area contributed by atoms with Crippen LogP contribution in [0.2, 0.25) is 5.02 Å². The summed E-state index contributed by atoms with van der Waals surface area (Å²) in [6.45, 7) is 0. The lowest BCUT2D eigenvalue weighted by atomic mass is 10.2. The fourth-order valence-electron chi connectivity index (χ4n) is 1.49. The molecule has 21 heavy (non-hydrogen) atoms. The second-order valence-electron chi connectivity index (χ2n) is 4.04. The van der Waals surface area contributed by atoms with Crippen molar-refractivity contribution in [3.05, 3.63) is 59.7 Å². The number of hydrazone groups is 1. The third kappa shape index (κ3) is 4.55. The van der Waals surface area contributed by atoms with Crippen LogP contribution in [0.15, 0.2) is 41.5 Å². The SMILES string of the molecule is O=C(N/N=C\c1cc(I)c(O)c(I)c1)c1ccc(Cl)cc1. The number of rotatable bonds is 3. The number of carbonyl (C=O) groups excluding carboxylic acids is 1. The van der Waals surface area contributed by atoms with Crippen LogP contribution in [0.4, 0.5) is 0 Å². The number of halogens is 3. The summed E-state index contributed by atoms with van der Waals surface area (Å²) in [6, 6.07) is 10.1. The van der Waals surface area contributed by atoms with Crippen LogP contribution < -0.4 is 5.43 Å². The number of nitrogens with zero attached hydrogens (tertiary/aromatic N) is 1. The quantitative estimate of drug-likeness (QED) is 0.361. The summed E-state index contributed by atoms with van der Waals surface area (Å²) in [7, 11) is 0. The minimum atomic E-state index is -0.314. The number of nitrogens with one attached hydrogen (secondary N) is 1. The van der Waals surface area contributed by atoms with Crippen molar-refractivity contribution in [2.75, 3.05) is 0 Å². The highest BCUT2D eigenvalue weighted by atomic mass is 127. The van der Waals surface area contributed by atoms with Gasteiger partial charge in [-0.3, -0.25) is 4.79 Å². The summed E-state index contributed by atoms with van der Waals surface area (Å²) in [5, 5.41) is 14.2. The Kier molecular flexibility index (Phi) is 5.82. The number of phenolic OH excluding ortho intramolecular Hbond substituents is 1. The summed E-state index contributed by atoms with van der Waals surface area (Å²) < 4.78 is 1.45. The lowest BCUT2D eigenvalue weighted by Crippen LogP contribution is -2.17. The molecule has 0 aliphatic rings. The first-order chi connectivity index (χ1) is 9.97. The standard InChI is InChI=1S/C14H9ClI2N2O2/c15-10-3-1-9(2-4-10)14(21)19-18-7-8-5-11(16)13(20)12(17)6-8/h1-7,20H,(H,19,21)/b18-7-. The number of carbonyl (C=O) groups is 1. The molecule has 2 N–H and O–H groups in total. The molecule has 0 saturated heterocycles. The average molecular weight is 526 g/mol. The van der Waals surface area contributed by atoms with E-state index in [2.05, 4.69) is 10.5 Å². The van der Waals surface area contributed by atoms with Gasteiger partial charge in [0, 0.05) is 10.6 Å². The number of amides is 1. The second kappa shape index (κ2) is 7.41. The van der Waals surface area contributed by atoms with Crippen molar-refractivity contribution in [1.29, 1.82) is 0 Å². The van der Waals surface area contributed by atoms with E-state index in [1.165, 1.54) is 6.21 Å². The zero-order valence-electron chi connectivity index (χ0n) is 10.5. The molecule has 0 aromatic heterocycles. The van der Waals surface area contributed by atoms with Crippen molar-refractivity contribution in [2.24, 2.45) is 5.10 Å². The normalized spacial score (nSPS) is 10.8. The van der Waals surface area contributed by atoms with Gasteiger partial charge in [-0.1, -0.05) is 11.6 Å². The molecule has 0 heterocycles. The molecule has 0 spiro atoms. The topological polar surface area (TPSA) is 61.7 Å². The molecule has 2 aromatic carbocycles. The molecule has 1 amide bonds. The van der Waals surface area contributed by atoms with Crippen LogP contribution in [0.1, 0.15) is 15.9 Å². The number of benzene rings is 2. The van der Waals surface area contributed by atoms with Crippen molar-refractivity contribution >= 4 is 68.9 Å². The minimum absolute atomic E-state index is 0.249. The Hall–Kier alpha value is -0.870. The van der Waals surface area contributed by atoms with E-state index in [4.69, 9.17) is 11.6 Å². The van der Waals surface area contributed by atoms with Crippen LogP contribution in [-0.4, -0.2) is 17.2 Å². The van der Waals surface area contributed by atoms with E-state index in [1.807, 2.05) is 45.2 Å². The predicted molar refractivity (Wildman–Crippen MR) is 100 cm³/mol. The van der Waals surface area contributed by atoms with Crippen molar-refractivity contribution < 1.29 is 9.90 Å². The maximum atomic E-state index is 11.8. The number of phenols is 1. The number of aromatic hydroxyl groups is 1. The van der Waals surface area contributed by atoms with Crippen molar-refractivity contribution in [3.63, 3.8) is 0 Å². The van der Waals surface area contributed by atoms with E-state index in [0.717, 1.165) is 12.7 Å². The Morgan fingerprint density at radius 2 is 1.76 bits per heavy atom. The van der Waals surface area contributed by atoms with Gasteiger partial charge in [0.25, 0.3) is 5.91 Å². The van der Waals surface area contributed by atoms with Gasteiger partial charge in [0.2, 0.25) is 0 Å². The molecule has 0 atom stereocenters. The number of hydrogen-bond acceptors (Lipinski definition) is 3. The highest BCUT2D eigenvalue weighted by Gasteiger charge is 2.05. The Balaban J connectivity index is 2.05. The van der Waals surface area contributed by atoms with Gasteiger partial charge in [0.05, 0.1) is 13.4 Å². The van der Waals surface area contributed by atoms with Gasteiger partial charge in [0.1, 0.15) is 5.75 Å². The Morgan fingerprint density at radius 3 is 2.33 bits per heavy atom. The van der Waals surface area contributed by atoms with E-state index < -0.39 is 0 Å². The molecule has 0 bridgehead atoms. The molecule has 0 saturated carbocycles. The Morgan fingerprint density at radius 1 is 1.19 bits per heavy atom. The first kappa shape index (κ1) is 16.5. The minimum Gasteiger partial charge on any atom is -0.506 e. The molecule has 7 heteroatoms. The second-order valence-corrected chi connectivity index (χ2v) is 6.80. The largest absolute Gasteiger partial charge is 0.506 e. The molecule has 0 unspecified atom stereocenters. The molecule has 0 fully saturated rings. The lowest BCUT2D eigenvalue weighted by molar-refractivity contribution is 0.0955. The van der Waals surface area contributed by atoms with Crippen molar-refractivity contribution in [2.45, 2.75) is 0 Å². The molecule has 108 valence electrons. The van der Waals surface area contributed by atoms with Crippen molar-refractivity contribution in [1.82, 2.24) is 5.43 Å². The predicted octanol–water partition coefficient (Wildman–Crippen LogP) is 4.02. The van der Waals surface area contributed by atoms with Crippen molar-refractivity contribution in [3.8, 4) is 5.75 Å². The molecule has 0 radical (unpaired) electrons. The number of hydrogen-bond donors (Lipinski definition) is 2. The van der Waals surface area contributed by atoms with Gasteiger partial charge in [-0.25, -0.2) is 5.43 Å². The average Bonchev–Trinajstić information content (AvgIpc) is 2.45. The smallest absolute Gasteiger partial charge is 0.271 e. The summed E-state index contributed by atoms with van der Waals surface area (Å²) >= 11 is 9.83. The van der Waals surface area contributed by atoms with Crippen LogP contribution in [0.25, 0.3) is 0 Å². The molecular weight excluding hydrogens is 517 g/mol. The summed E-state index contributed by atoms with van der Waals surface area (Å²) in [6.07, 6.45) is 1.53. The molecule has 2 rings (SSSR count). The van der Waals surface area contributed by atoms with Crippen LogP contribution in [0.3, 0.4) is 0 Å². The summed E-state index contributed by atoms with van der Waals surface area (Å²) in [5.41, 5.74) is 3.71. The monoisotopic (exact) mass is 526 g/mol. The fraction of sp³-hybridized carbons (Fsp3) is 0. The van der Waals surface area contributed by atoms with Gasteiger partial charge >= 0.3 is 0 Å². The maximum Gasteiger partial charge on any atom is 0.271 e. The third-order valence-electron chi connectivity index (χ3n) is 2.53. The molecule has 2 aromatic rings. The van der Waals surface area contributed by atoms with E-state index in [1.54, 1.807) is 36.4 Å². The van der Waals surface area contributed by atoms with E-state index in [0.29, 0.717) is 10.6 Å². The summed E-state index contributed by atoms with van der Waals surface area (Å²) in [5.74, 6) is -0.0651. The van der Waals surface area contributed by atoms with E-state index in [-0.39, 0.29) is 11.7 Å². The van der Waals surface area contributed by atoms with Crippen LogP contribution in [0, 0.1) is 7.14 Å². The molecular formula is C14H9ClI2N2O2. The zero-order valence-corrected chi connectivity index (χ0v) is 15.5. The van der Waals surface area contributed by atoms with E-state index in [9.17, 15) is 9.90 Å². The maximum absolute atomic E-state index is 11.8. The first-order valence-electron chi connectivity index (χ1n) is 5.74. The van der Waals surface area contributed by atoms with Crippen LogP contribution >= 0.6 is 56.8 Å². The Labute approximate surface area is 153 Å². The van der Waals surface area contributed by atoms with Gasteiger partial charge in [0.15, 0.2) is 0 Å². The van der Waals surface area contributed by atoms with Crippen LogP contribution in [-0.2, 0) is 0 Å². The van der Waals surface area contributed by atoms with Gasteiger partial charge in [-0.05, 0) is 87.1 Å². The summed E-state index contributed by atoms with van der Waals surface area (Å²) in [4.78, 5) is 11.8. The van der Waals surface area contributed by atoms with E-state index >= 15 is 0 Å². The zero-order chi connectivity index (χ0) is 15.4. The van der Waals surface area contributed by atoms with Crippen LogP contribution in [0.5, 0.6) is 5.75 Å². The van der Waals surface area contributed by atoms with Gasteiger partial charge in [-0.2, -0.15) is 5.10 Å². The Bertz CT molecular complexity index is 680. The highest BCUT2D eigenvalue weighted by Crippen LogP contribution is 2.26. The fourth-order valence-corrected chi connectivity index (χ4v) is 3.43. The molecule has 0 aliphatic carbocycles. The first-order valence-corrected chi connectivity index (χ1v) is 8.28. The van der Waals surface area contributed by atoms with Gasteiger partial charge < -0.3 is 5.11 Å². The molecule has 0 aliphatic heterocycles. The highest BCUT2D eigenvalue weighted by molar-refractivity contribution is 14.1. The third-order valence-corrected chi connectivity index (χ3v) is 4.42. The molecule has 4 nitrogen and oxygen atoms in total.